The van der Waals surface area contributed by atoms with Crippen LogP contribution in [-0.4, -0.2) is 17.4 Å². The van der Waals surface area contributed by atoms with Crippen molar-refractivity contribution in [3.8, 4) is 0 Å². The van der Waals surface area contributed by atoms with Crippen molar-refractivity contribution < 1.29 is 9.21 Å². The first-order valence-electron chi connectivity index (χ1n) is 7.32. The van der Waals surface area contributed by atoms with Crippen molar-refractivity contribution in [2.75, 3.05) is 6.54 Å². The smallest absolute Gasteiger partial charge is 0.223 e. The molecule has 0 fully saturated rings. The molecule has 2 aromatic rings. The van der Waals surface area contributed by atoms with Gasteiger partial charge in [0.1, 0.15) is 5.76 Å². The lowest BCUT2D eigenvalue weighted by Gasteiger charge is -2.21. The quantitative estimate of drug-likeness (QED) is 0.722. The molecule has 5 heteroatoms. The van der Waals surface area contributed by atoms with E-state index in [1.54, 1.807) is 17.6 Å². The Morgan fingerprint density at radius 2 is 2.10 bits per heavy atom. The summed E-state index contributed by atoms with van der Waals surface area (Å²) in [6, 6.07) is 7.83. The van der Waals surface area contributed by atoms with Crippen molar-refractivity contribution in [1.29, 1.82) is 0 Å². The Morgan fingerprint density at radius 3 is 2.76 bits per heavy atom. The molecule has 2 aromatic heterocycles. The molecule has 0 unspecified atom stereocenters. The first kappa shape index (κ1) is 15.8. The van der Waals surface area contributed by atoms with Gasteiger partial charge >= 0.3 is 0 Å². The molecule has 0 atom stereocenters. The Labute approximate surface area is 129 Å². The molecule has 114 valence electrons. The lowest BCUT2D eigenvalue weighted by atomic mass is 10.1. The number of nitrogens with two attached hydrogens (primary N) is 1. The molecule has 0 bridgehead atoms. The predicted octanol–water partition coefficient (Wildman–Crippen LogP) is 3.39. The Kier molecular flexibility index (Phi) is 6.50. The van der Waals surface area contributed by atoms with Gasteiger partial charge in [-0.3, -0.25) is 4.79 Å². The maximum absolute atomic E-state index is 12.4. The third kappa shape index (κ3) is 5.36. The second-order valence-corrected chi connectivity index (χ2v) is 6.04. The van der Waals surface area contributed by atoms with Crippen molar-refractivity contribution in [3.63, 3.8) is 0 Å². The fourth-order valence-corrected chi connectivity index (χ4v) is 2.89. The number of amides is 1. The molecule has 0 aliphatic carbocycles. The Hall–Kier alpha value is -1.59. The number of hydrogen-bond donors (Lipinski definition) is 1. The monoisotopic (exact) mass is 306 g/mol. The van der Waals surface area contributed by atoms with E-state index in [-0.39, 0.29) is 5.91 Å². The van der Waals surface area contributed by atoms with E-state index >= 15 is 0 Å². The van der Waals surface area contributed by atoms with Gasteiger partial charge < -0.3 is 15.1 Å². The molecular weight excluding hydrogens is 284 g/mol. The first-order valence-corrected chi connectivity index (χ1v) is 8.20. The summed E-state index contributed by atoms with van der Waals surface area (Å²) in [4.78, 5) is 15.5. The molecule has 2 heterocycles. The number of rotatable bonds is 9. The zero-order chi connectivity index (χ0) is 14.9. The fraction of sp³-hybridized carbons (Fsp3) is 0.438. The number of nitrogens with zero attached hydrogens (tertiary/aromatic N) is 1. The number of furan rings is 1. The lowest BCUT2D eigenvalue weighted by Crippen LogP contribution is -2.29. The first-order chi connectivity index (χ1) is 10.3. The normalized spacial score (nSPS) is 10.7. The Morgan fingerprint density at radius 1 is 1.19 bits per heavy atom. The highest BCUT2D eigenvalue weighted by Crippen LogP contribution is 2.16. The number of unbranched alkanes of at least 4 members (excludes halogenated alkanes) is 2. The second-order valence-electron chi connectivity index (χ2n) is 5.01. The minimum atomic E-state index is 0.178. The summed E-state index contributed by atoms with van der Waals surface area (Å²) in [6.07, 6.45) is 5.11. The lowest BCUT2D eigenvalue weighted by molar-refractivity contribution is -0.132. The minimum Gasteiger partial charge on any atom is -0.467 e. The van der Waals surface area contributed by atoms with Crippen LogP contribution in [0.4, 0.5) is 0 Å². The molecule has 0 aromatic carbocycles. The number of carbonyl (C=O) groups excluding carboxylic acids is 1. The van der Waals surface area contributed by atoms with Crippen molar-refractivity contribution in [2.24, 2.45) is 5.73 Å². The van der Waals surface area contributed by atoms with Crippen LogP contribution in [0, 0.1) is 0 Å². The molecule has 0 aliphatic heterocycles. The van der Waals surface area contributed by atoms with Gasteiger partial charge in [-0.1, -0.05) is 12.5 Å². The molecular formula is C16H22N2O2S. The van der Waals surface area contributed by atoms with E-state index < -0.39 is 0 Å². The van der Waals surface area contributed by atoms with Crippen LogP contribution in [0.15, 0.2) is 40.3 Å². The average molecular weight is 306 g/mol. The summed E-state index contributed by atoms with van der Waals surface area (Å²) < 4.78 is 5.37. The highest BCUT2D eigenvalue weighted by molar-refractivity contribution is 7.09. The van der Waals surface area contributed by atoms with Gasteiger partial charge in [0, 0.05) is 11.3 Å². The standard InChI is InChI=1S/C16H22N2O2S/c17-9-3-1-2-8-16(19)18(12-14-6-4-10-20-14)13-15-7-5-11-21-15/h4-7,10-11H,1-3,8-9,12-13,17H2. The van der Waals surface area contributed by atoms with Crippen molar-refractivity contribution in [1.82, 2.24) is 4.90 Å². The summed E-state index contributed by atoms with van der Waals surface area (Å²) >= 11 is 1.67. The van der Waals surface area contributed by atoms with Crippen molar-refractivity contribution >= 4 is 17.2 Å². The topological polar surface area (TPSA) is 59.5 Å². The van der Waals surface area contributed by atoms with E-state index in [0.29, 0.717) is 26.1 Å². The highest BCUT2D eigenvalue weighted by atomic mass is 32.1. The fourth-order valence-electron chi connectivity index (χ4n) is 2.17. The van der Waals surface area contributed by atoms with Gasteiger partial charge in [-0.15, -0.1) is 11.3 Å². The predicted molar refractivity (Wildman–Crippen MR) is 84.8 cm³/mol. The van der Waals surface area contributed by atoms with E-state index in [0.717, 1.165) is 25.0 Å². The molecule has 0 saturated carbocycles. The van der Waals surface area contributed by atoms with Crippen LogP contribution in [-0.2, 0) is 17.9 Å². The second kappa shape index (κ2) is 8.64. The van der Waals surface area contributed by atoms with E-state index in [9.17, 15) is 4.79 Å². The van der Waals surface area contributed by atoms with Crippen LogP contribution in [0.2, 0.25) is 0 Å². The molecule has 0 spiro atoms. The molecule has 0 aliphatic rings. The van der Waals surface area contributed by atoms with Crippen LogP contribution < -0.4 is 5.73 Å². The summed E-state index contributed by atoms with van der Waals surface area (Å²) in [5.41, 5.74) is 5.48. The van der Waals surface area contributed by atoms with E-state index in [4.69, 9.17) is 10.2 Å². The SMILES string of the molecule is NCCCCCC(=O)N(Cc1ccco1)Cc1cccs1. The van der Waals surface area contributed by atoms with E-state index in [1.165, 1.54) is 4.88 Å². The van der Waals surface area contributed by atoms with Gasteiger partial charge in [0.25, 0.3) is 0 Å². The maximum atomic E-state index is 12.4. The van der Waals surface area contributed by atoms with Gasteiger partial charge in [-0.05, 0) is 43.0 Å². The van der Waals surface area contributed by atoms with E-state index in [2.05, 4.69) is 6.07 Å². The van der Waals surface area contributed by atoms with Crippen LogP contribution in [0.25, 0.3) is 0 Å². The summed E-state index contributed by atoms with van der Waals surface area (Å²) in [5.74, 6) is 0.999. The van der Waals surface area contributed by atoms with Gasteiger partial charge in [0.15, 0.2) is 0 Å². The molecule has 4 nitrogen and oxygen atoms in total. The molecule has 0 saturated heterocycles. The Bertz CT molecular complexity index is 472. The van der Waals surface area contributed by atoms with E-state index in [1.807, 2.05) is 28.5 Å². The van der Waals surface area contributed by atoms with Gasteiger partial charge in [0.05, 0.1) is 19.4 Å². The number of hydrogen-bond acceptors (Lipinski definition) is 4. The third-order valence-corrected chi connectivity index (χ3v) is 4.16. The molecule has 21 heavy (non-hydrogen) atoms. The summed E-state index contributed by atoms with van der Waals surface area (Å²) in [7, 11) is 0. The zero-order valence-corrected chi connectivity index (χ0v) is 13.0. The van der Waals surface area contributed by atoms with Gasteiger partial charge in [-0.2, -0.15) is 0 Å². The van der Waals surface area contributed by atoms with Crippen LogP contribution >= 0.6 is 11.3 Å². The Balaban J connectivity index is 1.92. The average Bonchev–Trinajstić information content (AvgIpc) is 3.16. The molecule has 1 amide bonds. The summed E-state index contributed by atoms with van der Waals surface area (Å²) in [6.45, 7) is 1.87. The van der Waals surface area contributed by atoms with Gasteiger partial charge in [-0.25, -0.2) is 0 Å². The largest absolute Gasteiger partial charge is 0.467 e. The van der Waals surface area contributed by atoms with Crippen molar-refractivity contribution in [2.45, 2.75) is 38.8 Å². The third-order valence-electron chi connectivity index (χ3n) is 3.30. The number of carbonyl (C=O) groups is 1. The zero-order valence-electron chi connectivity index (χ0n) is 12.2. The molecule has 2 N–H and O–H groups in total. The number of thiophene rings is 1. The maximum Gasteiger partial charge on any atom is 0.223 e. The molecule has 0 radical (unpaired) electrons. The van der Waals surface area contributed by atoms with Crippen LogP contribution in [0.5, 0.6) is 0 Å². The van der Waals surface area contributed by atoms with Crippen LogP contribution in [0.1, 0.15) is 36.3 Å². The van der Waals surface area contributed by atoms with Crippen LogP contribution in [0.3, 0.4) is 0 Å². The minimum absolute atomic E-state index is 0.178. The summed E-state index contributed by atoms with van der Waals surface area (Å²) in [5, 5.41) is 2.03. The van der Waals surface area contributed by atoms with Crippen molar-refractivity contribution in [3.05, 3.63) is 46.5 Å². The van der Waals surface area contributed by atoms with Gasteiger partial charge in [0.2, 0.25) is 5.91 Å². The highest BCUT2D eigenvalue weighted by Gasteiger charge is 2.16. The molecule has 2 rings (SSSR count).